The minimum atomic E-state index is 0. The summed E-state index contributed by atoms with van der Waals surface area (Å²) < 4.78 is 23.6. The van der Waals surface area contributed by atoms with E-state index in [0.717, 1.165) is 39.6 Å². The van der Waals surface area contributed by atoms with Crippen LogP contribution in [0.25, 0.3) is 0 Å². The van der Waals surface area contributed by atoms with Gasteiger partial charge in [0.25, 0.3) is 0 Å². The highest BCUT2D eigenvalue weighted by Gasteiger charge is 2.05. The van der Waals surface area contributed by atoms with Gasteiger partial charge in [-0.2, -0.15) is 0 Å². The summed E-state index contributed by atoms with van der Waals surface area (Å²) in [5.41, 5.74) is 0. The molecular formula is C74H150O5. The molecule has 2 unspecified atom stereocenters. The largest absolute Gasteiger partial charge is 0.412 e. The number of allylic oxidation sites excluding steroid dienone is 4. The Kier molecular flexibility index (Phi) is 82.9. The standard InChI is InChI=1S/2C37H74O2.H2O/c2*1-4-6-8-10-12-14-16-18-20-21-23-25-27-29-31-33-35-39-37(3)36-38-34-32-30-28-26-24-22-19-17-15-13-11-9-7-5-2;/h2*18,20,37H,4-17,19,21-36H2,1-3H3;1H2/b2*20-18-;. The van der Waals surface area contributed by atoms with Gasteiger partial charge in [-0.3, -0.25) is 0 Å². The summed E-state index contributed by atoms with van der Waals surface area (Å²) in [6.45, 7) is 18.6. The van der Waals surface area contributed by atoms with Gasteiger partial charge in [0.1, 0.15) is 0 Å². The van der Waals surface area contributed by atoms with Gasteiger partial charge >= 0.3 is 0 Å². The molecule has 0 aliphatic heterocycles. The molecule has 0 saturated carbocycles. The van der Waals surface area contributed by atoms with E-state index in [2.05, 4.69) is 65.8 Å². The average Bonchev–Trinajstić information content (AvgIpc) is 3.44. The van der Waals surface area contributed by atoms with Gasteiger partial charge in [-0.05, 0) is 90.9 Å². The van der Waals surface area contributed by atoms with Crippen molar-refractivity contribution in [3.05, 3.63) is 24.3 Å². The van der Waals surface area contributed by atoms with Crippen molar-refractivity contribution in [2.75, 3.05) is 39.6 Å². The van der Waals surface area contributed by atoms with Crippen molar-refractivity contribution in [2.24, 2.45) is 0 Å². The Morgan fingerprint density at radius 3 is 0.582 bits per heavy atom. The van der Waals surface area contributed by atoms with E-state index < -0.39 is 0 Å². The summed E-state index contributed by atoms with van der Waals surface area (Å²) in [4.78, 5) is 0. The van der Waals surface area contributed by atoms with Gasteiger partial charge < -0.3 is 24.4 Å². The second kappa shape index (κ2) is 79.3. The van der Waals surface area contributed by atoms with E-state index in [-0.39, 0.29) is 17.7 Å². The molecule has 2 N–H and O–H groups in total. The Balaban J connectivity index is -0.00000144. The van der Waals surface area contributed by atoms with E-state index in [1.54, 1.807) is 0 Å². The Morgan fingerprint density at radius 1 is 0.215 bits per heavy atom. The molecule has 0 amide bonds. The molecular weight excluding hydrogens is 969 g/mol. The van der Waals surface area contributed by atoms with E-state index in [9.17, 15) is 0 Å². The smallest absolute Gasteiger partial charge is 0.0780 e. The van der Waals surface area contributed by atoms with Crippen LogP contribution in [0.5, 0.6) is 0 Å². The Bertz CT molecular complexity index is 980. The average molecular weight is 1120 g/mol. The molecule has 0 saturated heterocycles. The van der Waals surface area contributed by atoms with Crippen LogP contribution in [0.3, 0.4) is 0 Å². The lowest BCUT2D eigenvalue weighted by atomic mass is 10.0. The molecule has 79 heavy (non-hydrogen) atoms. The second-order valence-electron chi connectivity index (χ2n) is 24.6. The van der Waals surface area contributed by atoms with E-state index in [0.29, 0.717) is 0 Å². The first-order chi connectivity index (χ1) is 38.6. The van der Waals surface area contributed by atoms with Crippen LogP contribution in [0.2, 0.25) is 0 Å². The van der Waals surface area contributed by atoms with Gasteiger partial charge in [0.2, 0.25) is 0 Å². The molecule has 0 radical (unpaired) electrons. The Morgan fingerprint density at radius 2 is 0.380 bits per heavy atom. The minimum absolute atomic E-state index is 0. The van der Waals surface area contributed by atoms with E-state index in [1.807, 2.05) is 0 Å². The van der Waals surface area contributed by atoms with Crippen LogP contribution >= 0.6 is 0 Å². The summed E-state index contributed by atoms with van der Waals surface area (Å²) in [6.07, 6.45) is 87.5. The fraction of sp³-hybridized carbons (Fsp3) is 0.946. The van der Waals surface area contributed by atoms with Crippen molar-refractivity contribution in [2.45, 2.75) is 413 Å². The molecule has 2 atom stereocenters. The topological polar surface area (TPSA) is 68.4 Å². The molecule has 0 heterocycles. The van der Waals surface area contributed by atoms with Gasteiger partial charge in [-0.25, -0.2) is 0 Å². The normalized spacial score (nSPS) is 12.4. The molecule has 0 aliphatic rings. The Labute approximate surface area is 499 Å². The lowest BCUT2D eigenvalue weighted by Crippen LogP contribution is -2.17. The SMILES string of the molecule is CCCCCCCC/C=C\CCCCCCCCOC(C)COCCCCCCCCCCCCCCCC.CCCCCCCC/C=C\CCCCCCCCOC(C)COCCCCCCCCCCCCCCCC.O. The first kappa shape index (κ1) is 82.5. The van der Waals surface area contributed by atoms with E-state index in [4.69, 9.17) is 18.9 Å². The molecule has 0 aliphatic carbocycles. The fourth-order valence-electron chi connectivity index (χ4n) is 10.7. The molecule has 0 fully saturated rings. The van der Waals surface area contributed by atoms with E-state index >= 15 is 0 Å². The fourth-order valence-corrected chi connectivity index (χ4v) is 10.7. The number of unbranched alkanes of at least 4 members (excludes halogenated alkanes) is 50. The second-order valence-corrected chi connectivity index (χ2v) is 24.6. The first-order valence-corrected chi connectivity index (χ1v) is 36.3. The summed E-state index contributed by atoms with van der Waals surface area (Å²) in [5.74, 6) is 0. The number of rotatable bonds is 68. The third-order valence-corrected chi connectivity index (χ3v) is 16.1. The minimum Gasteiger partial charge on any atom is -0.412 e. The van der Waals surface area contributed by atoms with Crippen LogP contribution in [-0.4, -0.2) is 57.3 Å². The van der Waals surface area contributed by atoms with Crippen LogP contribution in [0, 0.1) is 0 Å². The zero-order valence-corrected chi connectivity index (χ0v) is 55.4. The zero-order valence-electron chi connectivity index (χ0n) is 55.4. The summed E-state index contributed by atoms with van der Waals surface area (Å²) >= 11 is 0. The van der Waals surface area contributed by atoms with Crippen LogP contribution in [0.1, 0.15) is 401 Å². The molecule has 0 aromatic rings. The van der Waals surface area contributed by atoms with E-state index in [1.165, 1.54) is 360 Å². The molecule has 0 bridgehead atoms. The van der Waals surface area contributed by atoms with Crippen molar-refractivity contribution in [3.8, 4) is 0 Å². The summed E-state index contributed by atoms with van der Waals surface area (Å²) in [6, 6.07) is 0. The maximum absolute atomic E-state index is 5.95. The van der Waals surface area contributed by atoms with Gasteiger partial charge in [-0.1, -0.05) is 335 Å². The number of hydrogen-bond donors (Lipinski definition) is 0. The Hall–Kier alpha value is -0.720. The molecule has 0 aromatic carbocycles. The highest BCUT2D eigenvalue weighted by molar-refractivity contribution is 4.82. The van der Waals surface area contributed by atoms with Crippen LogP contribution in [0.15, 0.2) is 24.3 Å². The number of hydrogen-bond acceptors (Lipinski definition) is 4. The lowest BCUT2D eigenvalue weighted by Gasteiger charge is -2.13. The maximum atomic E-state index is 5.95. The summed E-state index contributed by atoms with van der Waals surface area (Å²) in [5, 5.41) is 0. The van der Waals surface area contributed by atoms with Gasteiger partial charge in [0.05, 0.1) is 25.4 Å². The van der Waals surface area contributed by atoms with Crippen molar-refractivity contribution in [3.63, 3.8) is 0 Å². The predicted molar refractivity (Wildman–Crippen MR) is 356 cm³/mol. The number of ether oxygens (including phenoxy) is 4. The van der Waals surface area contributed by atoms with Crippen LogP contribution < -0.4 is 0 Å². The van der Waals surface area contributed by atoms with Crippen molar-refractivity contribution in [1.29, 1.82) is 0 Å². The molecule has 0 rings (SSSR count). The monoisotopic (exact) mass is 1120 g/mol. The highest BCUT2D eigenvalue weighted by atomic mass is 16.5. The molecule has 0 aromatic heterocycles. The summed E-state index contributed by atoms with van der Waals surface area (Å²) in [7, 11) is 0. The van der Waals surface area contributed by atoms with Gasteiger partial charge in [0, 0.05) is 26.4 Å². The molecule has 5 nitrogen and oxygen atoms in total. The molecule has 0 spiro atoms. The zero-order chi connectivity index (χ0) is 56.7. The van der Waals surface area contributed by atoms with Crippen molar-refractivity contribution >= 4 is 0 Å². The lowest BCUT2D eigenvalue weighted by molar-refractivity contribution is -0.00872. The molecule has 5 heteroatoms. The van der Waals surface area contributed by atoms with Gasteiger partial charge in [0.15, 0.2) is 0 Å². The quantitative estimate of drug-likeness (QED) is 0.0450. The predicted octanol–water partition coefficient (Wildman–Crippen LogP) is 25.0. The van der Waals surface area contributed by atoms with Crippen molar-refractivity contribution in [1.82, 2.24) is 0 Å². The third-order valence-electron chi connectivity index (χ3n) is 16.1. The maximum Gasteiger partial charge on any atom is 0.0780 e. The van der Waals surface area contributed by atoms with Gasteiger partial charge in [-0.15, -0.1) is 0 Å². The van der Waals surface area contributed by atoms with Crippen LogP contribution in [-0.2, 0) is 18.9 Å². The highest BCUT2D eigenvalue weighted by Crippen LogP contribution is 2.17. The molecule has 476 valence electrons. The first-order valence-electron chi connectivity index (χ1n) is 36.3. The van der Waals surface area contributed by atoms with Crippen LogP contribution in [0.4, 0.5) is 0 Å². The van der Waals surface area contributed by atoms with Crippen molar-refractivity contribution < 1.29 is 24.4 Å². The third kappa shape index (κ3) is 81.6.